The molecule has 0 radical (unpaired) electrons. The number of aliphatic hydroxyl groups is 3. The van der Waals surface area contributed by atoms with Gasteiger partial charge < -0.3 is 20.1 Å². The Morgan fingerprint density at radius 3 is 2.41 bits per heavy atom. The van der Waals surface area contributed by atoms with Gasteiger partial charge in [-0.3, -0.25) is 4.18 Å². The second-order valence-corrected chi connectivity index (χ2v) is 14.2. The molecule has 1 aromatic carbocycles. The van der Waals surface area contributed by atoms with Gasteiger partial charge in [-0.05, 0) is 75.3 Å². The molecular weight excluding hydrogens is 520 g/mol. The van der Waals surface area contributed by atoms with E-state index in [9.17, 15) is 28.5 Å². The van der Waals surface area contributed by atoms with E-state index < -0.39 is 63.4 Å². The van der Waals surface area contributed by atoms with E-state index in [-0.39, 0.29) is 23.2 Å². The van der Waals surface area contributed by atoms with Gasteiger partial charge in [-0.1, -0.05) is 51.5 Å². The highest BCUT2D eigenvalue weighted by Gasteiger charge is 2.59. The van der Waals surface area contributed by atoms with Gasteiger partial charge in [-0.15, -0.1) is 6.58 Å². The second-order valence-electron chi connectivity index (χ2n) is 12.6. The summed E-state index contributed by atoms with van der Waals surface area (Å²) in [4.78, 5) is 12.3. The molecular formula is C30H46O8S. The van der Waals surface area contributed by atoms with Gasteiger partial charge in [0, 0.05) is 10.8 Å². The van der Waals surface area contributed by atoms with Crippen molar-refractivity contribution in [2.24, 2.45) is 28.1 Å². The average Bonchev–Trinajstić information content (AvgIpc) is 2.88. The molecule has 0 spiro atoms. The minimum absolute atomic E-state index is 0.0226. The molecule has 2 aliphatic rings. The lowest BCUT2D eigenvalue weighted by atomic mass is 9.47. The molecule has 0 amide bonds. The van der Waals surface area contributed by atoms with Crippen molar-refractivity contribution >= 4 is 16.1 Å². The summed E-state index contributed by atoms with van der Waals surface area (Å²) in [5.41, 5.74) is -0.993. The van der Waals surface area contributed by atoms with E-state index in [1.54, 1.807) is 25.1 Å². The molecule has 2 saturated carbocycles. The Balaban J connectivity index is 1.96. The summed E-state index contributed by atoms with van der Waals surface area (Å²) >= 11 is 0. The third-order valence-electron chi connectivity index (χ3n) is 10.0. The lowest BCUT2D eigenvalue weighted by Crippen LogP contribution is -2.59. The molecule has 3 N–H and O–H groups in total. The molecule has 9 heteroatoms. The van der Waals surface area contributed by atoms with Crippen molar-refractivity contribution in [1.82, 2.24) is 0 Å². The van der Waals surface area contributed by atoms with Crippen molar-refractivity contribution in [3.63, 3.8) is 0 Å². The maximum atomic E-state index is 12.9. The molecule has 3 rings (SSSR count). The Kier molecular flexibility index (Phi) is 9.45. The second kappa shape index (κ2) is 11.6. The molecule has 0 aromatic heterocycles. The van der Waals surface area contributed by atoms with Gasteiger partial charge in [0.2, 0.25) is 0 Å². The first-order valence-electron chi connectivity index (χ1n) is 13.8. The first-order valence-corrected chi connectivity index (χ1v) is 15.2. The molecule has 0 heterocycles. The summed E-state index contributed by atoms with van der Waals surface area (Å²) < 4.78 is 37.1. The summed E-state index contributed by atoms with van der Waals surface area (Å²) in [6.07, 6.45) is 0.655. The molecule has 8 nitrogen and oxygen atoms in total. The van der Waals surface area contributed by atoms with Gasteiger partial charge in [-0.2, -0.15) is 8.42 Å². The molecule has 0 saturated heterocycles. The largest absolute Gasteiger partial charge is 0.460 e. The van der Waals surface area contributed by atoms with Gasteiger partial charge in [-0.25, -0.2) is 4.79 Å². The van der Waals surface area contributed by atoms with Crippen LogP contribution in [0.25, 0.3) is 0 Å². The van der Waals surface area contributed by atoms with E-state index in [1.165, 1.54) is 12.1 Å². The lowest BCUT2D eigenvalue weighted by molar-refractivity contribution is -0.195. The number of hydrogen-bond acceptors (Lipinski definition) is 8. The number of fused-ring (bicyclic) bond motifs is 2. The molecule has 0 aliphatic heterocycles. The highest BCUT2D eigenvalue weighted by atomic mass is 32.2. The van der Waals surface area contributed by atoms with Crippen molar-refractivity contribution < 1.29 is 37.5 Å². The average molecular weight is 567 g/mol. The molecule has 2 fully saturated rings. The zero-order valence-corrected chi connectivity index (χ0v) is 24.9. The summed E-state index contributed by atoms with van der Waals surface area (Å²) in [5.74, 6) is -0.841. The van der Waals surface area contributed by atoms with Crippen LogP contribution in [0.4, 0.5) is 0 Å². The Labute approximate surface area is 233 Å². The Hall–Kier alpha value is -1.78. The van der Waals surface area contributed by atoms with Crippen molar-refractivity contribution in [2.75, 3.05) is 6.61 Å². The van der Waals surface area contributed by atoms with E-state index in [0.29, 0.717) is 19.3 Å². The lowest BCUT2D eigenvalue weighted by Gasteiger charge is -2.60. The van der Waals surface area contributed by atoms with Crippen LogP contribution < -0.4 is 0 Å². The van der Waals surface area contributed by atoms with E-state index in [4.69, 9.17) is 8.92 Å². The Morgan fingerprint density at radius 1 is 1.23 bits per heavy atom. The number of carbonyl (C=O) groups excluding carboxylic acids is 1. The minimum atomic E-state index is -4.10. The topological polar surface area (TPSA) is 130 Å². The van der Waals surface area contributed by atoms with E-state index >= 15 is 0 Å². The number of aliphatic hydroxyl groups excluding tert-OH is 3. The van der Waals surface area contributed by atoms with Crippen LogP contribution in [0.15, 0.2) is 41.8 Å². The number of esters is 1. The molecule has 39 heavy (non-hydrogen) atoms. The summed E-state index contributed by atoms with van der Waals surface area (Å²) in [5, 5.41) is 32.5. The van der Waals surface area contributed by atoms with Gasteiger partial charge in [0.25, 0.3) is 10.1 Å². The van der Waals surface area contributed by atoms with Crippen LogP contribution in [-0.2, 0) is 23.8 Å². The fourth-order valence-electron chi connectivity index (χ4n) is 6.88. The number of hydrogen-bond donors (Lipinski definition) is 3. The summed E-state index contributed by atoms with van der Waals surface area (Å²) in [6, 6.07) is 6.34. The van der Waals surface area contributed by atoms with Crippen molar-refractivity contribution in [1.29, 1.82) is 0 Å². The fraction of sp³-hybridized carbons (Fsp3) is 0.700. The zero-order valence-electron chi connectivity index (χ0n) is 24.1. The van der Waals surface area contributed by atoms with E-state index in [0.717, 1.165) is 12.0 Å². The standard InChI is InChI=1S/C30H46O8S/c1-8-28(6)16-25(37-26(33)17-31)29(7)18-30(14-13-20(29)3,21(4)27(28)34)15-24(32)22(5)38-39(35,36)23-11-9-19(2)10-12-23/h8-12,20-22,24-25,27,31-32,34H,1,13-18H2,2-7H3/t20?,21-,22?,24?,25+,27-,28+,29-,30+/m0/s1. The Morgan fingerprint density at radius 2 is 1.85 bits per heavy atom. The van der Waals surface area contributed by atoms with Crippen LogP contribution in [0.1, 0.15) is 72.3 Å². The molecule has 2 bridgehead atoms. The monoisotopic (exact) mass is 566 g/mol. The number of carbonyl (C=O) groups is 1. The number of rotatable bonds is 9. The smallest absolute Gasteiger partial charge is 0.332 e. The number of benzene rings is 1. The maximum Gasteiger partial charge on any atom is 0.332 e. The fourth-order valence-corrected chi connectivity index (χ4v) is 7.99. The molecule has 3 unspecified atom stereocenters. The minimum Gasteiger partial charge on any atom is -0.460 e. The van der Waals surface area contributed by atoms with E-state index in [1.807, 2.05) is 20.8 Å². The van der Waals surface area contributed by atoms with Gasteiger partial charge in [0.05, 0.1) is 17.1 Å². The van der Waals surface area contributed by atoms with Crippen LogP contribution in [0, 0.1) is 35.0 Å². The van der Waals surface area contributed by atoms with E-state index in [2.05, 4.69) is 20.4 Å². The predicted octanol–water partition coefficient (Wildman–Crippen LogP) is 4.15. The molecule has 220 valence electrons. The van der Waals surface area contributed by atoms with Crippen LogP contribution >= 0.6 is 0 Å². The first-order chi connectivity index (χ1) is 18.0. The van der Waals surface area contributed by atoms with Crippen LogP contribution in [0.5, 0.6) is 0 Å². The third-order valence-corrected chi connectivity index (χ3v) is 11.4. The summed E-state index contributed by atoms with van der Waals surface area (Å²) in [6.45, 7) is 14.7. The first kappa shape index (κ1) is 31.7. The Bertz CT molecular complexity index is 1130. The molecule has 2 aliphatic carbocycles. The zero-order chi connectivity index (χ0) is 29.4. The molecule has 9 atom stereocenters. The highest BCUT2D eigenvalue weighted by molar-refractivity contribution is 7.86. The normalized spacial score (nSPS) is 36.7. The predicted molar refractivity (Wildman–Crippen MR) is 148 cm³/mol. The summed E-state index contributed by atoms with van der Waals surface area (Å²) in [7, 11) is -4.10. The van der Waals surface area contributed by atoms with Gasteiger partial charge >= 0.3 is 5.97 Å². The number of aryl methyl sites for hydroxylation is 1. The van der Waals surface area contributed by atoms with Gasteiger partial charge in [0.1, 0.15) is 18.8 Å². The highest BCUT2D eigenvalue weighted by Crippen LogP contribution is 2.62. The van der Waals surface area contributed by atoms with Crippen LogP contribution in [-0.4, -0.2) is 60.7 Å². The van der Waals surface area contributed by atoms with Crippen molar-refractivity contribution in [3.05, 3.63) is 42.5 Å². The van der Waals surface area contributed by atoms with Crippen LogP contribution in [0.3, 0.4) is 0 Å². The van der Waals surface area contributed by atoms with Crippen LogP contribution in [0.2, 0.25) is 0 Å². The SMILES string of the molecule is C=C[C@]1(C)C[C@@H](OC(=O)CO)[C@@]2(C)C[C@](CC(O)C(C)OS(=O)(=O)c3ccc(C)cc3)(CCC2C)[C@@H](C)[C@@H]1O. The maximum absolute atomic E-state index is 12.9. The van der Waals surface area contributed by atoms with Gasteiger partial charge in [0.15, 0.2) is 0 Å². The number of ether oxygens (including phenoxy) is 1. The third kappa shape index (κ3) is 6.27. The van der Waals surface area contributed by atoms with Crippen molar-refractivity contribution in [2.45, 2.75) is 103 Å². The molecule has 1 aromatic rings. The quantitative estimate of drug-likeness (QED) is 0.231. The van der Waals surface area contributed by atoms with Crippen molar-refractivity contribution in [3.8, 4) is 0 Å².